The molecular formula is C20H22N3O3S+. The van der Waals surface area contributed by atoms with Crippen LogP contribution in [-0.2, 0) is 13.6 Å². The number of aryl methyl sites for hydroxylation is 1. The van der Waals surface area contributed by atoms with Crippen molar-refractivity contribution in [3.05, 3.63) is 47.0 Å². The zero-order valence-corrected chi connectivity index (χ0v) is 16.1. The van der Waals surface area contributed by atoms with Gasteiger partial charge in [-0.05, 0) is 35.7 Å². The normalized spacial score (nSPS) is 17.0. The second-order valence-corrected chi connectivity index (χ2v) is 8.11. The Kier molecular flexibility index (Phi) is 4.06. The monoisotopic (exact) mass is 384 g/mol. The van der Waals surface area contributed by atoms with Gasteiger partial charge in [0.1, 0.15) is 12.2 Å². The molecule has 1 saturated heterocycles. The number of nitrogens with one attached hydrogen (secondary N) is 1. The summed E-state index contributed by atoms with van der Waals surface area (Å²) in [5, 5.41) is 2.07. The highest BCUT2D eigenvalue weighted by Crippen LogP contribution is 2.32. The van der Waals surface area contributed by atoms with E-state index in [4.69, 9.17) is 9.47 Å². The maximum absolute atomic E-state index is 13.0. The van der Waals surface area contributed by atoms with E-state index in [0.717, 1.165) is 55.4 Å². The van der Waals surface area contributed by atoms with Crippen molar-refractivity contribution < 1.29 is 19.2 Å². The van der Waals surface area contributed by atoms with Gasteiger partial charge in [-0.15, -0.1) is 11.3 Å². The molecule has 140 valence electrons. The lowest BCUT2D eigenvalue weighted by molar-refractivity contribution is -0.917. The van der Waals surface area contributed by atoms with Crippen LogP contribution in [-0.4, -0.2) is 48.3 Å². The van der Waals surface area contributed by atoms with Gasteiger partial charge in [0.05, 0.1) is 36.4 Å². The van der Waals surface area contributed by atoms with Crippen molar-refractivity contribution in [2.24, 2.45) is 7.05 Å². The summed E-state index contributed by atoms with van der Waals surface area (Å²) >= 11 is 1.68. The molecule has 4 heterocycles. The quantitative estimate of drug-likeness (QED) is 0.745. The molecule has 27 heavy (non-hydrogen) atoms. The fourth-order valence-electron chi connectivity index (χ4n) is 3.96. The largest absolute Gasteiger partial charge is 0.454 e. The number of amides is 1. The standard InChI is InChI=1S/C20H21N3O3S/c1-21-15-4-9-27-19(15)11-16(21)20(24)23-7-5-22(6-8-23)12-14-2-3-17-18(10-14)26-13-25-17/h2-4,9-11H,5-8,12-13H2,1H3/p+1. The number of rotatable bonds is 3. The van der Waals surface area contributed by atoms with Crippen molar-refractivity contribution >= 4 is 27.5 Å². The number of carbonyl (C=O) groups is 1. The molecule has 0 atom stereocenters. The Morgan fingerprint density at radius 3 is 2.78 bits per heavy atom. The summed E-state index contributed by atoms with van der Waals surface area (Å²) in [4.78, 5) is 16.4. The average molecular weight is 384 g/mol. The van der Waals surface area contributed by atoms with Gasteiger partial charge in [0.2, 0.25) is 6.79 Å². The Morgan fingerprint density at radius 2 is 1.96 bits per heavy atom. The molecule has 2 aliphatic rings. The fraction of sp³-hybridized carbons (Fsp3) is 0.350. The molecule has 0 bridgehead atoms. The number of aromatic nitrogens is 1. The van der Waals surface area contributed by atoms with Crippen LogP contribution in [0.5, 0.6) is 11.5 Å². The zero-order valence-electron chi connectivity index (χ0n) is 15.2. The Hall–Kier alpha value is -2.51. The van der Waals surface area contributed by atoms with E-state index in [2.05, 4.69) is 23.6 Å². The van der Waals surface area contributed by atoms with Gasteiger partial charge in [-0.2, -0.15) is 0 Å². The minimum atomic E-state index is 0.142. The van der Waals surface area contributed by atoms with E-state index in [0.29, 0.717) is 6.79 Å². The van der Waals surface area contributed by atoms with Crippen molar-refractivity contribution in [3.8, 4) is 11.5 Å². The number of nitrogens with zero attached hydrogens (tertiary/aromatic N) is 2. The molecule has 0 saturated carbocycles. The number of hydrogen-bond donors (Lipinski definition) is 1. The van der Waals surface area contributed by atoms with E-state index in [1.165, 1.54) is 15.2 Å². The van der Waals surface area contributed by atoms with Gasteiger partial charge in [0.15, 0.2) is 11.5 Å². The molecule has 0 unspecified atom stereocenters. The molecule has 1 fully saturated rings. The predicted octanol–water partition coefficient (Wildman–Crippen LogP) is 1.51. The number of fused-ring (bicyclic) bond motifs is 2. The molecular weight excluding hydrogens is 362 g/mol. The fourth-order valence-corrected chi connectivity index (χ4v) is 4.81. The zero-order chi connectivity index (χ0) is 18.4. The molecule has 0 radical (unpaired) electrons. The van der Waals surface area contributed by atoms with E-state index in [1.54, 1.807) is 11.3 Å². The molecule has 6 nitrogen and oxygen atoms in total. The Morgan fingerprint density at radius 1 is 1.15 bits per heavy atom. The lowest BCUT2D eigenvalue weighted by Crippen LogP contribution is -3.13. The molecule has 1 N–H and O–H groups in total. The molecule has 5 rings (SSSR count). The minimum absolute atomic E-state index is 0.142. The van der Waals surface area contributed by atoms with Crippen LogP contribution in [0.4, 0.5) is 0 Å². The van der Waals surface area contributed by atoms with Crippen LogP contribution < -0.4 is 14.4 Å². The van der Waals surface area contributed by atoms with Gasteiger partial charge < -0.3 is 23.8 Å². The summed E-state index contributed by atoms with van der Waals surface area (Å²) in [6.45, 7) is 4.74. The minimum Gasteiger partial charge on any atom is -0.454 e. The average Bonchev–Trinajstić information content (AvgIpc) is 3.39. The summed E-state index contributed by atoms with van der Waals surface area (Å²) in [5.74, 6) is 1.80. The van der Waals surface area contributed by atoms with Crippen LogP contribution in [0.15, 0.2) is 35.7 Å². The highest BCUT2D eigenvalue weighted by Gasteiger charge is 2.27. The first-order valence-electron chi connectivity index (χ1n) is 9.23. The smallest absolute Gasteiger partial charge is 0.270 e. The van der Waals surface area contributed by atoms with E-state index in [1.807, 2.05) is 28.6 Å². The van der Waals surface area contributed by atoms with Crippen molar-refractivity contribution in [2.45, 2.75) is 6.54 Å². The maximum atomic E-state index is 13.0. The molecule has 1 aromatic carbocycles. The second-order valence-electron chi connectivity index (χ2n) is 7.17. The molecule has 3 aromatic rings. The number of benzene rings is 1. The van der Waals surface area contributed by atoms with Gasteiger partial charge in [0, 0.05) is 12.6 Å². The van der Waals surface area contributed by atoms with E-state index in [9.17, 15) is 4.79 Å². The SMILES string of the molecule is Cn1c(C(=O)N2CC[NH+](Cc3ccc4c(c3)OCO4)CC2)cc2sccc21. The summed E-state index contributed by atoms with van der Waals surface area (Å²) in [6, 6.07) is 10.3. The number of quaternary nitrogens is 1. The third-order valence-corrected chi connectivity index (χ3v) is 6.38. The lowest BCUT2D eigenvalue weighted by atomic mass is 10.1. The van der Waals surface area contributed by atoms with Crippen LogP contribution in [0.1, 0.15) is 16.1 Å². The number of thiophene rings is 1. The number of hydrogen-bond acceptors (Lipinski definition) is 4. The predicted molar refractivity (Wildman–Crippen MR) is 104 cm³/mol. The maximum Gasteiger partial charge on any atom is 0.270 e. The number of ether oxygens (including phenoxy) is 2. The highest BCUT2D eigenvalue weighted by molar-refractivity contribution is 7.17. The van der Waals surface area contributed by atoms with Crippen LogP contribution >= 0.6 is 11.3 Å². The molecule has 2 aromatic heterocycles. The van der Waals surface area contributed by atoms with Crippen molar-refractivity contribution in [1.82, 2.24) is 9.47 Å². The van der Waals surface area contributed by atoms with Crippen molar-refractivity contribution in [2.75, 3.05) is 33.0 Å². The number of piperazine rings is 1. The third-order valence-electron chi connectivity index (χ3n) is 5.53. The highest BCUT2D eigenvalue weighted by atomic mass is 32.1. The summed E-state index contributed by atoms with van der Waals surface area (Å²) in [7, 11) is 1.98. The Labute approximate surface area is 161 Å². The first-order valence-corrected chi connectivity index (χ1v) is 10.1. The van der Waals surface area contributed by atoms with E-state index >= 15 is 0 Å². The van der Waals surface area contributed by atoms with Gasteiger partial charge in [-0.1, -0.05) is 0 Å². The van der Waals surface area contributed by atoms with E-state index in [-0.39, 0.29) is 5.91 Å². The van der Waals surface area contributed by atoms with Gasteiger partial charge in [-0.25, -0.2) is 0 Å². The molecule has 7 heteroatoms. The summed E-state index contributed by atoms with van der Waals surface area (Å²) in [6.07, 6.45) is 0. The molecule has 0 aliphatic carbocycles. The van der Waals surface area contributed by atoms with Crippen molar-refractivity contribution in [1.29, 1.82) is 0 Å². The Bertz CT molecular complexity index is 1000. The third kappa shape index (κ3) is 2.96. The molecule has 2 aliphatic heterocycles. The van der Waals surface area contributed by atoms with Crippen LogP contribution in [0.2, 0.25) is 0 Å². The first kappa shape index (κ1) is 16.6. The second kappa shape index (κ2) is 6.58. The Balaban J connectivity index is 1.23. The lowest BCUT2D eigenvalue weighted by Gasteiger charge is -2.32. The van der Waals surface area contributed by atoms with Crippen LogP contribution in [0.25, 0.3) is 10.2 Å². The van der Waals surface area contributed by atoms with Gasteiger partial charge >= 0.3 is 0 Å². The van der Waals surface area contributed by atoms with Crippen LogP contribution in [0.3, 0.4) is 0 Å². The van der Waals surface area contributed by atoms with Gasteiger partial charge in [0.25, 0.3) is 5.91 Å². The topological polar surface area (TPSA) is 48.1 Å². The van der Waals surface area contributed by atoms with Crippen molar-refractivity contribution in [3.63, 3.8) is 0 Å². The van der Waals surface area contributed by atoms with E-state index < -0.39 is 0 Å². The number of carbonyl (C=O) groups excluding carboxylic acids is 1. The first-order chi connectivity index (χ1) is 13.2. The van der Waals surface area contributed by atoms with Crippen LogP contribution in [0, 0.1) is 0 Å². The summed E-state index contributed by atoms with van der Waals surface area (Å²) in [5.41, 5.74) is 3.17. The summed E-state index contributed by atoms with van der Waals surface area (Å²) < 4.78 is 14.0. The van der Waals surface area contributed by atoms with Gasteiger partial charge in [-0.3, -0.25) is 4.79 Å². The molecule has 1 amide bonds. The molecule has 0 spiro atoms.